The number of hydrogen-bond donors (Lipinski definition) is 1. The van der Waals surface area contributed by atoms with Gasteiger partial charge in [0, 0.05) is 5.56 Å². The van der Waals surface area contributed by atoms with Gasteiger partial charge in [0.05, 0.1) is 12.6 Å². The Hall–Kier alpha value is -1.93. The predicted molar refractivity (Wildman–Crippen MR) is 89.4 cm³/mol. The van der Waals surface area contributed by atoms with E-state index in [1.807, 2.05) is 6.92 Å². The molecule has 0 amide bonds. The van der Waals surface area contributed by atoms with Crippen LogP contribution < -0.4 is 14.8 Å². The van der Waals surface area contributed by atoms with Gasteiger partial charge < -0.3 is 19.3 Å². The summed E-state index contributed by atoms with van der Waals surface area (Å²) in [6.07, 6.45) is 3.13. The standard InChI is InChI=1S/C16H19F2N3O3.ClH/c1-16(7-3-4-8-19-16)14-20-13(21-24-14)10-5-6-11(23-15(17)18)12(9-10)22-2;/h5-6,9,15,19H,3-4,7-8H2,1-2H3;1H. The molecule has 2 heterocycles. The van der Waals surface area contributed by atoms with E-state index in [-0.39, 0.29) is 29.4 Å². The zero-order valence-corrected chi connectivity index (χ0v) is 14.7. The molecule has 0 spiro atoms. The molecule has 0 bridgehead atoms. The Morgan fingerprint density at radius 1 is 1.28 bits per heavy atom. The number of benzene rings is 1. The number of nitrogens with one attached hydrogen (secondary N) is 1. The molecule has 1 fully saturated rings. The number of aromatic nitrogens is 2. The monoisotopic (exact) mass is 375 g/mol. The number of hydrogen-bond acceptors (Lipinski definition) is 6. The van der Waals surface area contributed by atoms with Crippen molar-refractivity contribution in [1.82, 2.24) is 15.5 Å². The van der Waals surface area contributed by atoms with Crippen molar-refractivity contribution in [2.75, 3.05) is 13.7 Å². The summed E-state index contributed by atoms with van der Waals surface area (Å²) in [6, 6.07) is 4.53. The van der Waals surface area contributed by atoms with Crippen molar-refractivity contribution in [2.24, 2.45) is 0 Å². The van der Waals surface area contributed by atoms with Crippen molar-refractivity contribution >= 4 is 12.4 Å². The van der Waals surface area contributed by atoms with Crippen LogP contribution in [0.4, 0.5) is 8.78 Å². The molecule has 1 aliphatic heterocycles. The first-order valence-electron chi connectivity index (χ1n) is 7.74. The fraction of sp³-hybridized carbons (Fsp3) is 0.500. The fourth-order valence-corrected chi connectivity index (χ4v) is 2.80. The topological polar surface area (TPSA) is 69.4 Å². The second-order valence-electron chi connectivity index (χ2n) is 5.88. The van der Waals surface area contributed by atoms with Crippen LogP contribution in [0.1, 0.15) is 32.1 Å². The minimum absolute atomic E-state index is 0. The van der Waals surface area contributed by atoms with E-state index in [2.05, 4.69) is 20.2 Å². The minimum atomic E-state index is -2.92. The summed E-state index contributed by atoms with van der Waals surface area (Å²) in [5, 5.41) is 7.41. The van der Waals surface area contributed by atoms with Crippen molar-refractivity contribution in [3.63, 3.8) is 0 Å². The quantitative estimate of drug-likeness (QED) is 0.858. The van der Waals surface area contributed by atoms with Crippen molar-refractivity contribution in [3.8, 4) is 22.9 Å². The van der Waals surface area contributed by atoms with Crippen LogP contribution >= 0.6 is 12.4 Å². The molecule has 0 saturated carbocycles. The molecule has 1 saturated heterocycles. The number of rotatable bonds is 5. The van der Waals surface area contributed by atoms with Gasteiger partial charge in [-0.1, -0.05) is 5.16 Å². The van der Waals surface area contributed by atoms with Gasteiger partial charge in [0.15, 0.2) is 11.5 Å². The van der Waals surface area contributed by atoms with Crippen LogP contribution in [0.3, 0.4) is 0 Å². The van der Waals surface area contributed by atoms with Gasteiger partial charge in [-0.2, -0.15) is 13.8 Å². The molecule has 2 aromatic rings. The van der Waals surface area contributed by atoms with Gasteiger partial charge in [-0.05, 0) is 50.9 Å². The van der Waals surface area contributed by atoms with Crippen molar-refractivity contribution in [2.45, 2.75) is 38.3 Å². The first-order chi connectivity index (χ1) is 11.5. The third-order valence-corrected chi connectivity index (χ3v) is 4.15. The van der Waals surface area contributed by atoms with Crippen LogP contribution in [-0.2, 0) is 5.54 Å². The lowest BCUT2D eigenvalue weighted by Gasteiger charge is -2.31. The van der Waals surface area contributed by atoms with Gasteiger partial charge in [-0.25, -0.2) is 0 Å². The van der Waals surface area contributed by atoms with Gasteiger partial charge in [-0.15, -0.1) is 12.4 Å². The molecule has 138 valence electrons. The molecule has 6 nitrogen and oxygen atoms in total. The van der Waals surface area contributed by atoms with Crippen molar-refractivity contribution in [3.05, 3.63) is 24.1 Å². The summed E-state index contributed by atoms with van der Waals surface area (Å²) >= 11 is 0. The molecule has 1 N–H and O–H groups in total. The zero-order valence-electron chi connectivity index (χ0n) is 13.9. The van der Waals surface area contributed by atoms with Crippen LogP contribution in [0, 0.1) is 0 Å². The molecule has 0 aliphatic carbocycles. The number of halogens is 3. The third kappa shape index (κ3) is 4.19. The summed E-state index contributed by atoms with van der Waals surface area (Å²) < 4.78 is 39.7. The first-order valence-corrected chi connectivity index (χ1v) is 7.74. The Morgan fingerprint density at radius 2 is 2.08 bits per heavy atom. The number of alkyl halides is 2. The van der Waals surface area contributed by atoms with Gasteiger partial charge in [0.1, 0.15) is 0 Å². The van der Waals surface area contributed by atoms with Crippen LogP contribution in [0.15, 0.2) is 22.7 Å². The largest absolute Gasteiger partial charge is 0.493 e. The fourth-order valence-electron chi connectivity index (χ4n) is 2.80. The maximum atomic E-state index is 12.4. The van der Waals surface area contributed by atoms with E-state index < -0.39 is 6.61 Å². The average Bonchev–Trinajstić information content (AvgIpc) is 3.06. The van der Waals surface area contributed by atoms with E-state index in [0.29, 0.717) is 17.3 Å². The highest BCUT2D eigenvalue weighted by atomic mass is 35.5. The zero-order chi connectivity index (χ0) is 17.2. The average molecular weight is 376 g/mol. The molecule has 1 aliphatic rings. The van der Waals surface area contributed by atoms with Crippen LogP contribution in [0.5, 0.6) is 11.5 Å². The van der Waals surface area contributed by atoms with E-state index in [9.17, 15) is 8.78 Å². The Labute approximate surface area is 150 Å². The highest BCUT2D eigenvalue weighted by molar-refractivity contribution is 5.85. The van der Waals surface area contributed by atoms with Gasteiger partial charge in [-0.3, -0.25) is 0 Å². The van der Waals surface area contributed by atoms with E-state index in [0.717, 1.165) is 25.8 Å². The molecule has 0 radical (unpaired) electrons. The summed E-state index contributed by atoms with van der Waals surface area (Å²) in [6.45, 7) is 0.0181. The normalized spacial score (nSPS) is 20.2. The van der Waals surface area contributed by atoms with Crippen LogP contribution in [-0.4, -0.2) is 30.4 Å². The summed E-state index contributed by atoms with van der Waals surface area (Å²) in [5.74, 6) is 1.03. The van der Waals surface area contributed by atoms with E-state index in [1.165, 1.54) is 13.2 Å². The first kappa shape index (κ1) is 19.4. The van der Waals surface area contributed by atoms with Crippen molar-refractivity contribution in [1.29, 1.82) is 0 Å². The SMILES string of the molecule is COc1cc(-c2noc(C3(C)CCCCN3)n2)ccc1OC(F)F.Cl. The predicted octanol–water partition coefficient (Wildman–Crippen LogP) is 3.76. The molecule has 25 heavy (non-hydrogen) atoms. The maximum Gasteiger partial charge on any atom is 0.387 e. The second-order valence-corrected chi connectivity index (χ2v) is 5.88. The number of piperidine rings is 1. The van der Waals surface area contributed by atoms with Gasteiger partial charge in [0.25, 0.3) is 0 Å². The number of methoxy groups -OCH3 is 1. The molecule has 1 aromatic carbocycles. The van der Waals surface area contributed by atoms with E-state index in [4.69, 9.17) is 9.26 Å². The van der Waals surface area contributed by atoms with E-state index in [1.54, 1.807) is 12.1 Å². The molecule has 1 aromatic heterocycles. The molecular formula is C16H20ClF2N3O3. The summed E-state index contributed by atoms with van der Waals surface area (Å²) in [4.78, 5) is 4.46. The minimum Gasteiger partial charge on any atom is -0.493 e. The van der Waals surface area contributed by atoms with E-state index >= 15 is 0 Å². The Kier molecular flexibility index (Phi) is 6.18. The lowest BCUT2D eigenvalue weighted by molar-refractivity contribution is -0.0512. The number of nitrogens with zero attached hydrogens (tertiary/aromatic N) is 2. The second kappa shape index (κ2) is 7.97. The third-order valence-electron chi connectivity index (χ3n) is 4.15. The Balaban J connectivity index is 0.00000225. The summed E-state index contributed by atoms with van der Waals surface area (Å²) in [7, 11) is 1.38. The smallest absolute Gasteiger partial charge is 0.387 e. The Bertz CT molecular complexity index is 706. The summed E-state index contributed by atoms with van der Waals surface area (Å²) in [5.41, 5.74) is 0.259. The molecular weight excluding hydrogens is 356 g/mol. The lowest BCUT2D eigenvalue weighted by atomic mass is 9.91. The van der Waals surface area contributed by atoms with Crippen LogP contribution in [0.25, 0.3) is 11.4 Å². The molecule has 3 rings (SSSR count). The highest BCUT2D eigenvalue weighted by Gasteiger charge is 2.34. The van der Waals surface area contributed by atoms with Gasteiger partial charge in [0.2, 0.25) is 11.7 Å². The maximum absolute atomic E-state index is 12.4. The lowest BCUT2D eigenvalue weighted by Crippen LogP contribution is -2.43. The molecule has 9 heteroatoms. The molecule has 1 atom stereocenters. The van der Waals surface area contributed by atoms with Crippen molar-refractivity contribution < 1.29 is 22.8 Å². The number of ether oxygens (including phenoxy) is 2. The van der Waals surface area contributed by atoms with Gasteiger partial charge >= 0.3 is 6.61 Å². The highest BCUT2D eigenvalue weighted by Crippen LogP contribution is 2.34. The Morgan fingerprint density at radius 3 is 2.72 bits per heavy atom. The van der Waals surface area contributed by atoms with Crippen LogP contribution in [0.2, 0.25) is 0 Å². The molecule has 1 unspecified atom stereocenters.